The molecule has 1 saturated carbocycles. The third kappa shape index (κ3) is 3.18. The van der Waals surface area contributed by atoms with Gasteiger partial charge in [-0.25, -0.2) is 0 Å². The largest absolute Gasteiger partial charge is 0.329 e. The second-order valence-electron chi connectivity index (χ2n) is 5.97. The summed E-state index contributed by atoms with van der Waals surface area (Å²) in [5.74, 6) is 2.91. The predicted octanol–water partition coefficient (Wildman–Crippen LogP) is 2.82. The van der Waals surface area contributed by atoms with E-state index in [1.807, 2.05) is 11.8 Å². The molecule has 0 aromatic heterocycles. The van der Waals surface area contributed by atoms with Gasteiger partial charge in [-0.2, -0.15) is 11.8 Å². The Balaban J connectivity index is 2.62. The van der Waals surface area contributed by atoms with Crippen LogP contribution in [0.25, 0.3) is 0 Å². The maximum Gasteiger partial charge on any atom is 0.0337 e. The van der Waals surface area contributed by atoms with Gasteiger partial charge in [-0.05, 0) is 44.4 Å². The maximum atomic E-state index is 6.07. The second kappa shape index (κ2) is 6.44. The van der Waals surface area contributed by atoms with Crippen molar-refractivity contribution in [3.63, 3.8) is 0 Å². The van der Waals surface area contributed by atoms with E-state index in [1.54, 1.807) is 0 Å². The molecule has 1 aliphatic carbocycles. The minimum absolute atomic E-state index is 0.297. The molecule has 1 fully saturated rings. The topological polar surface area (TPSA) is 29.3 Å². The highest BCUT2D eigenvalue weighted by Gasteiger charge is 2.48. The van der Waals surface area contributed by atoms with E-state index in [4.69, 9.17) is 5.73 Å². The van der Waals surface area contributed by atoms with Crippen molar-refractivity contribution in [1.29, 1.82) is 0 Å². The summed E-state index contributed by atoms with van der Waals surface area (Å²) < 4.78 is 0. The highest BCUT2D eigenvalue weighted by molar-refractivity contribution is 7.98. The molecular formula is C14H30N2S. The summed E-state index contributed by atoms with van der Waals surface area (Å²) >= 11 is 1.95. The van der Waals surface area contributed by atoms with Crippen LogP contribution in [0.1, 0.15) is 40.0 Å². The van der Waals surface area contributed by atoms with E-state index < -0.39 is 0 Å². The normalized spacial score (nSPS) is 30.7. The van der Waals surface area contributed by atoms with E-state index in [2.05, 4.69) is 39.0 Å². The zero-order valence-corrected chi connectivity index (χ0v) is 13.0. The number of rotatable bonds is 7. The summed E-state index contributed by atoms with van der Waals surface area (Å²) in [6.07, 6.45) is 6.01. The molecule has 2 nitrogen and oxygen atoms in total. The van der Waals surface area contributed by atoms with Crippen LogP contribution in [0, 0.1) is 11.8 Å². The lowest BCUT2D eigenvalue weighted by Gasteiger charge is -2.56. The summed E-state index contributed by atoms with van der Waals surface area (Å²) in [6.45, 7) is 7.78. The van der Waals surface area contributed by atoms with Crippen molar-refractivity contribution >= 4 is 11.8 Å². The Morgan fingerprint density at radius 3 is 2.35 bits per heavy atom. The number of likely N-dealkylation sites (N-methyl/N-ethyl adjacent to an activating group) is 1. The van der Waals surface area contributed by atoms with Gasteiger partial charge in [0.2, 0.25) is 0 Å². The number of nitrogens with two attached hydrogens (primary N) is 1. The van der Waals surface area contributed by atoms with Crippen LogP contribution in [0.5, 0.6) is 0 Å². The van der Waals surface area contributed by atoms with Crippen LogP contribution in [0.3, 0.4) is 0 Å². The van der Waals surface area contributed by atoms with E-state index in [1.165, 1.54) is 25.0 Å². The molecule has 0 heterocycles. The molecule has 0 aromatic carbocycles. The first-order valence-corrected chi connectivity index (χ1v) is 8.32. The highest BCUT2D eigenvalue weighted by Crippen LogP contribution is 2.46. The van der Waals surface area contributed by atoms with Crippen molar-refractivity contribution in [2.75, 3.05) is 25.6 Å². The van der Waals surface area contributed by atoms with Gasteiger partial charge in [0.25, 0.3) is 0 Å². The quantitative estimate of drug-likeness (QED) is 0.761. The minimum Gasteiger partial charge on any atom is -0.329 e. The fourth-order valence-corrected chi connectivity index (χ4v) is 3.91. The highest BCUT2D eigenvalue weighted by atomic mass is 32.2. The molecule has 3 heteroatoms. The first-order valence-electron chi connectivity index (χ1n) is 6.92. The van der Waals surface area contributed by atoms with Gasteiger partial charge in [0.1, 0.15) is 0 Å². The van der Waals surface area contributed by atoms with Crippen molar-refractivity contribution < 1.29 is 0 Å². The smallest absolute Gasteiger partial charge is 0.0337 e. The fraction of sp³-hybridized carbons (Fsp3) is 1.00. The van der Waals surface area contributed by atoms with Gasteiger partial charge in [-0.3, -0.25) is 4.90 Å². The zero-order chi connectivity index (χ0) is 13.1. The molecule has 0 amide bonds. The summed E-state index contributed by atoms with van der Waals surface area (Å²) in [4.78, 5) is 2.59. The number of hydrogen-bond donors (Lipinski definition) is 1. The minimum atomic E-state index is 0.297. The van der Waals surface area contributed by atoms with Crippen LogP contribution in [0.4, 0.5) is 0 Å². The molecule has 0 saturated heterocycles. The Morgan fingerprint density at radius 2 is 2.00 bits per heavy atom. The molecule has 102 valence electrons. The SMILES string of the molecule is CCC(CSC)N(C)C1(CN)CC(C(C)C)C1. The first kappa shape index (κ1) is 15.3. The Morgan fingerprint density at radius 1 is 1.41 bits per heavy atom. The standard InChI is InChI=1S/C14H30N2S/c1-6-13(9-17-5)16(4)14(10-15)7-12(8-14)11(2)3/h11-13H,6-10,15H2,1-5H3. The van der Waals surface area contributed by atoms with Gasteiger partial charge in [0.15, 0.2) is 0 Å². The molecule has 1 aliphatic rings. The van der Waals surface area contributed by atoms with Crippen LogP contribution in [-0.4, -0.2) is 42.1 Å². The molecule has 17 heavy (non-hydrogen) atoms. The number of nitrogens with zero attached hydrogens (tertiary/aromatic N) is 1. The lowest BCUT2D eigenvalue weighted by atomic mass is 9.63. The van der Waals surface area contributed by atoms with Crippen LogP contribution in [0.2, 0.25) is 0 Å². The van der Waals surface area contributed by atoms with E-state index in [0.29, 0.717) is 11.6 Å². The van der Waals surface area contributed by atoms with Crippen LogP contribution in [-0.2, 0) is 0 Å². The molecule has 1 unspecified atom stereocenters. The molecule has 0 aliphatic heterocycles. The van der Waals surface area contributed by atoms with Crippen molar-refractivity contribution in [1.82, 2.24) is 4.90 Å². The molecule has 0 bridgehead atoms. The van der Waals surface area contributed by atoms with Crippen LogP contribution >= 0.6 is 11.8 Å². The number of thioether (sulfide) groups is 1. The predicted molar refractivity (Wildman–Crippen MR) is 79.6 cm³/mol. The monoisotopic (exact) mass is 258 g/mol. The third-order valence-electron chi connectivity index (χ3n) is 4.73. The molecule has 0 aromatic rings. The molecule has 1 atom stereocenters. The van der Waals surface area contributed by atoms with Crippen molar-refractivity contribution in [3.05, 3.63) is 0 Å². The third-order valence-corrected chi connectivity index (χ3v) is 5.45. The van der Waals surface area contributed by atoms with E-state index in [0.717, 1.165) is 18.4 Å². The maximum absolute atomic E-state index is 6.07. The average Bonchev–Trinajstić information content (AvgIpc) is 2.24. The van der Waals surface area contributed by atoms with E-state index in [-0.39, 0.29) is 0 Å². The fourth-order valence-electron chi connectivity index (χ4n) is 3.07. The molecule has 0 spiro atoms. The summed E-state index contributed by atoms with van der Waals surface area (Å²) in [6, 6.07) is 0.682. The van der Waals surface area contributed by atoms with Crippen molar-refractivity contribution in [3.8, 4) is 0 Å². The van der Waals surface area contributed by atoms with Gasteiger partial charge in [0.05, 0.1) is 0 Å². The van der Waals surface area contributed by atoms with Crippen molar-refractivity contribution in [2.24, 2.45) is 17.6 Å². The van der Waals surface area contributed by atoms with Gasteiger partial charge < -0.3 is 5.73 Å². The lowest BCUT2D eigenvalue weighted by Crippen LogP contribution is -2.64. The molecule has 2 N–H and O–H groups in total. The first-order chi connectivity index (χ1) is 8.00. The summed E-state index contributed by atoms with van der Waals surface area (Å²) in [5, 5.41) is 0. The Kier molecular flexibility index (Phi) is 5.81. The second-order valence-corrected chi connectivity index (χ2v) is 6.88. The van der Waals surface area contributed by atoms with Gasteiger partial charge in [0, 0.05) is 23.9 Å². The van der Waals surface area contributed by atoms with Gasteiger partial charge in [-0.15, -0.1) is 0 Å². The Hall–Kier alpha value is 0.270. The number of hydrogen-bond acceptors (Lipinski definition) is 3. The van der Waals surface area contributed by atoms with E-state index in [9.17, 15) is 0 Å². The Labute approximate surface area is 112 Å². The summed E-state index contributed by atoms with van der Waals surface area (Å²) in [5.41, 5.74) is 6.37. The molecule has 1 rings (SSSR count). The molecular weight excluding hydrogens is 228 g/mol. The summed E-state index contributed by atoms with van der Waals surface area (Å²) in [7, 11) is 2.29. The van der Waals surface area contributed by atoms with Crippen LogP contribution < -0.4 is 5.73 Å². The van der Waals surface area contributed by atoms with Gasteiger partial charge in [-0.1, -0.05) is 20.8 Å². The Bertz CT molecular complexity index is 224. The van der Waals surface area contributed by atoms with Gasteiger partial charge >= 0.3 is 0 Å². The van der Waals surface area contributed by atoms with Crippen LogP contribution in [0.15, 0.2) is 0 Å². The lowest BCUT2D eigenvalue weighted by molar-refractivity contribution is -0.0391. The zero-order valence-electron chi connectivity index (χ0n) is 12.2. The average molecular weight is 258 g/mol. The van der Waals surface area contributed by atoms with E-state index >= 15 is 0 Å². The van der Waals surface area contributed by atoms with Crippen molar-refractivity contribution in [2.45, 2.75) is 51.6 Å². The molecule has 0 radical (unpaired) electrons.